The van der Waals surface area contributed by atoms with E-state index < -0.39 is 11.9 Å². The molecule has 25 heavy (non-hydrogen) atoms. The first-order valence-corrected chi connectivity index (χ1v) is 8.34. The summed E-state index contributed by atoms with van der Waals surface area (Å²) in [6.45, 7) is 3.77. The Balaban J connectivity index is 1.96. The predicted molar refractivity (Wildman–Crippen MR) is 98.5 cm³/mol. The van der Waals surface area contributed by atoms with Gasteiger partial charge in [0, 0.05) is 34.1 Å². The summed E-state index contributed by atoms with van der Waals surface area (Å²) >= 11 is 5.93. The van der Waals surface area contributed by atoms with Crippen LogP contribution in [0.2, 0.25) is 5.02 Å². The van der Waals surface area contributed by atoms with E-state index in [-0.39, 0.29) is 12.2 Å². The molecule has 2 aromatic carbocycles. The smallest absolute Gasteiger partial charge is 0.311 e. The van der Waals surface area contributed by atoms with Gasteiger partial charge in [-0.1, -0.05) is 23.7 Å². The molecule has 1 atom stereocenters. The molecular formula is C20H18ClNO3. The number of halogens is 1. The lowest BCUT2D eigenvalue weighted by Gasteiger charge is -2.12. The van der Waals surface area contributed by atoms with Crippen molar-refractivity contribution in [3.8, 4) is 0 Å². The highest BCUT2D eigenvalue weighted by atomic mass is 35.5. The number of carbonyl (C=O) groups excluding carboxylic acids is 1. The molecule has 0 spiro atoms. The Bertz CT molecular complexity index is 974. The van der Waals surface area contributed by atoms with Gasteiger partial charge in [-0.2, -0.15) is 0 Å². The zero-order valence-electron chi connectivity index (χ0n) is 14.0. The van der Waals surface area contributed by atoms with Gasteiger partial charge >= 0.3 is 5.97 Å². The summed E-state index contributed by atoms with van der Waals surface area (Å²) in [5.41, 5.74) is 3.84. The van der Waals surface area contributed by atoms with E-state index in [2.05, 4.69) is 4.98 Å². The Morgan fingerprint density at radius 2 is 1.92 bits per heavy atom. The zero-order valence-corrected chi connectivity index (χ0v) is 14.7. The Kier molecular flexibility index (Phi) is 4.64. The number of fused-ring (bicyclic) bond motifs is 1. The van der Waals surface area contributed by atoms with Crippen molar-refractivity contribution in [1.82, 2.24) is 4.98 Å². The number of H-pyrrole nitrogens is 1. The van der Waals surface area contributed by atoms with Crippen LogP contribution in [0.15, 0.2) is 42.6 Å². The van der Waals surface area contributed by atoms with Crippen molar-refractivity contribution >= 4 is 34.3 Å². The van der Waals surface area contributed by atoms with Crippen molar-refractivity contribution in [2.45, 2.75) is 26.2 Å². The molecule has 0 radical (unpaired) electrons. The van der Waals surface area contributed by atoms with Gasteiger partial charge in [-0.3, -0.25) is 9.59 Å². The molecule has 0 aliphatic rings. The Hall–Kier alpha value is -2.59. The Morgan fingerprint density at radius 1 is 1.16 bits per heavy atom. The highest BCUT2D eigenvalue weighted by molar-refractivity contribution is 6.30. The lowest BCUT2D eigenvalue weighted by Crippen LogP contribution is -2.16. The maximum atomic E-state index is 12.7. The van der Waals surface area contributed by atoms with E-state index >= 15 is 0 Å². The number of carbonyl (C=O) groups is 2. The van der Waals surface area contributed by atoms with E-state index in [0.717, 1.165) is 22.0 Å². The van der Waals surface area contributed by atoms with Gasteiger partial charge in [0.2, 0.25) is 0 Å². The highest BCUT2D eigenvalue weighted by Gasteiger charge is 2.27. The van der Waals surface area contributed by atoms with Crippen LogP contribution in [0.3, 0.4) is 0 Å². The Labute approximate surface area is 150 Å². The van der Waals surface area contributed by atoms with Gasteiger partial charge in [0.15, 0.2) is 5.78 Å². The number of aromatic nitrogens is 1. The summed E-state index contributed by atoms with van der Waals surface area (Å²) in [5, 5.41) is 11.1. The van der Waals surface area contributed by atoms with Crippen LogP contribution in [0.4, 0.5) is 0 Å². The van der Waals surface area contributed by atoms with Crippen LogP contribution in [0.25, 0.3) is 10.9 Å². The van der Waals surface area contributed by atoms with Crippen molar-refractivity contribution in [2.75, 3.05) is 0 Å². The summed E-state index contributed by atoms with van der Waals surface area (Å²) < 4.78 is 0. The van der Waals surface area contributed by atoms with Crippen LogP contribution in [0.5, 0.6) is 0 Å². The molecule has 1 unspecified atom stereocenters. The quantitative estimate of drug-likeness (QED) is 0.641. The summed E-state index contributed by atoms with van der Waals surface area (Å²) in [6, 6.07) is 10.8. The molecule has 0 saturated carbocycles. The second-order valence-electron chi connectivity index (χ2n) is 6.27. The van der Waals surface area contributed by atoms with Crippen molar-refractivity contribution in [1.29, 1.82) is 0 Å². The lowest BCUT2D eigenvalue weighted by molar-refractivity contribution is -0.138. The number of aryl methyl sites for hydroxylation is 2. The van der Waals surface area contributed by atoms with Gasteiger partial charge in [0.1, 0.15) is 0 Å². The first-order chi connectivity index (χ1) is 11.9. The molecule has 0 fully saturated rings. The van der Waals surface area contributed by atoms with Gasteiger partial charge in [-0.15, -0.1) is 0 Å². The molecule has 4 nitrogen and oxygen atoms in total. The summed E-state index contributed by atoms with van der Waals surface area (Å²) in [5.74, 6) is -2.12. The Morgan fingerprint density at radius 3 is 2.60 bits per heavy atom. The molecule has 0 amide bonds. The number of carboxylic acid groups (broad SMARTS) is 1. The highest BCUT2D eigenvalue weighted by Crippen LogP contribution is 2.30. The van der Waals surface area contributed by atoms with Crippen LogP contribution in [0, 0.1) is 13.8 Å². The van der Waals surface area contributed by atoms with Gasteiger partial charge < -0.3 is 10.1 Å². The third-order valence-electron chi connectivity index (χ3n) is 4.42. The van der Waals surface area contributed by atoms with E-state index in [1.165, 1.54) is 0 Å². The molecule has 0 aliphatic carbocycles. The number of nitrogens with one attached hydrogen (secondary N) is 1. The number of rotatable bonds is 5. The average molecular weight is 356 g/mol. The molecule has 3 aromatic rings. The molecule has 1 heterocycles. The second-order valence-corrected chi connectivity index (χ2v) is 6.71. The fourth-order valence-corrected chi connectivity index (χ4v) is 3.34. The van der Waals surface area contributed by atoms with Crippen LogP contribution in [-0.2, 0) is 4.79 Å². The summed E-state index contributed by atoms with van der Waals surface area (Å²) in [7, 11) is 0. The summed E-state index contributed by atoms with van der Waals surface area (Å²) in [4.78, 5) is 27.6. The van der Waals surface area contributed by atoms with Crippen LogP contribution < -0.4 is 0 Å². The molecule has 0 bridgehead atoms. The van der Waals surface area contributed by atoms with Gasteiger partial charge in [0.05, 0.1) is 5.92 Å². The topological polar surface area (TPSA) is 70.2 Å². The molecule has 1 aromatic heterocycles. The number of Topliss-reactive ketones (excluding diaryl/α,β-unsaturated/α-hetero) is 1. The average Bonchev–Trinajstić information content (AvgIpc) is 2.94. The van der Waals surface area contributed by atoms with Crippen LogP contribution in [0.1, 0.15) is 39.4 Å². The number of benzene rings is 2. The molecule has 3 rings (SSSR count). The molecule has 128 valence electrons. The fourth-order valence-electron chi connectivity index (χ4n) is 3.12. The number of carboxylic acids is 1. The number of hydrogen-bond donors (Lipinski definition) is 2. The van der Waals surface area contributed by atoms with Crippen molar-refractivity contribution in [3.05, 3.63) is 69.9 Å². The number of hydrogen-bond acceptors (Lipinski definition) is 2. The largest absolute Gasteiger partial charge is 0.481 e. The second kappa shape index (κ2) is 6.73. The minimum absolute atomic E-state index is 0.0986. The van der Waals surface area contributed by atoms with E-state index in [4.69, 9.17) is 11.6 Å². The van der Waals surface area contributed by atoms with E-state index in [0.29, 0.717) is 16.1 Å². The van der Waals surface area contributed by atoms with E-state index in [9.17, 15) is 14.7 Å². The first kappa shape index (κ1) is 17.2. The lowest BCUT2D eigenvalue weighted by atomic mass is 9.90. The van der Waals surface area contributed by atoms with Crippen LogP contribution >= 0.6 is 11.6 Å². The molecule has 0 saturated heterocycles. The summed E-state index contributed by atoms with van der Waals surface area (Å²) in [6.07, 6.45) is 1.59. The van der Waals surface area contributed by atoms with Crippen molar-refractivity contribution in [3.63, 3.8) is 0 Å². The van der Waals surface area contributed by atoms with Crippen molar-refractivity contribution in [2.24, 2.45) is 0 Å². The SMILES string of the molecule is Cc1ccc2c(C(CC(=O)c3ccc(Cl)cc3C)C(=O)O)c[nH]c2c1. The predicted octanol–water partition coefficient (Wildman–Crippen LogP) is 4.88. The van der Waals surface area contributed by atoms with Crippen LogP contribution in [-0.4, -0.2) is 21.8 Å². The van der Waals surface area contributed by atoms with Gasteiger partial charge in [-0.25, -0.2) is 0 Å². The third-order valence-corrected chi connectivity index (χ3v) is 4.66. The monoisotopic (exact) mass is 355 g/mol. The number of aromatic amines is 1. The maximum absolute atomic E-state index is 12.7. The fraction of sp³-hybridized carbons (Fsp3) is 0.200. The van der Waals surface area contributed by atoms with Gasteiger partial charge in [-0.05, 0) is 54.8 Å². The molecular weight excluding hydrogens is 338 g/mol. The number of aliphatic carboxylic acids is 1. The maximum Gasteiger partial charge on any atom is 0.311 e. The minimum atomic E-state index is -1.01. The van der Waals surface area contributed by atoms with E-state index in [1.807, 2.05) is 25.1 Å². The standard InChI is InChI=1S/C20H18ClNO3/c1-11-3-5-15-17(10-22-18(15)7-11)16(20(24)25)9-19(23)14-6-4-13(21)8-12(14)2/h3-8,10,16,22H,9H2,1-2H3,(H,24,25). The van der Waals surface area contributed by atoms with Crippen molar-refractivity contribution < 1.29 is 14.7 Å². The zero-order chi connectivity index (χ0) is 18.1. The van der Waals surface area contributed by atoms with E-state index in [1.54, 1.807) is 31.3 Å². The third kappa shape index (κ3) is 3.44. The molecule has 5 heteroatoms. The minimum Gasteiger partial charge on any atom is -0.481 e. The molecule has 0 aliphatic heterocycles. The number of ketones is 1. The normalized spacial score (nSPS) is 12.3. The molecule has 2 N–H and O–H groups in total. The first-order valence-electron chi connectivity index (χ1n) is 7.96. The van der Waals surface area contributed by atoms with Gasteiger partial charge in [0.25, 0.3) is 0 Å².